The number of carbonyl (C=O) groups excluding carboxylic acids is 3. The van der Waals surface area contributed by atoms with Gasteiger partial charge in [0.15, 0.2) is 29.7 Å². The van der Waals surface area contributed by atoms with Crippen LogP contribution in [-0.2, 0) is 14.4 Å². The number of amides is 1. The quantitative estimate of drug-likeness (QED) is 0.474. The van der Waals surface area contributed by atoms with Crippen LogP contribution in [-0.4, -0.2) is 31.2 Å². The van der Waals surface area contributed by atoms with Gasteiger partial charge in [0.25, 0.3) is 5.91 Å². The molecule has 0 atom stereocenters. The maximum Gasteiger partial charge on any atom is 0.262 e. The first-order chi connectivity index (χ1) is 18.9. The van der Waals surface area contributed by atoms with Crippen molar-refractivity contribution in [3.8, 4) is 11.5 Å². The molecule has 1 aliphatic heterocycles. The molecule has 40 heavy (non-hydrogen) atoms. The van der Waals surface area contributed by atoms with E-state index in [1.807, 2.05) is 6.07 Å². The van der Waals surface area contributed by atoms with Gasteiger partial charge in [-0.15, -0.1) is 0 Å². The van der Waals surface area contributed by atoms with E-state index in [9.17, 15) is 18.8 Å². The summed E-state index contributed by atoms with van der Waals surface area (Å²) in [4.78, 5) is 39.5. The van der Waals surface area contributed by atoms with Crippen molar-refractivity contribution < 1.29 is 28.2 Å². The fraction of sp³-hybridized carbons (Fsp3) is 0.406. The van der Waals surface area contributed by atoms with Crippen molar-refractivity contribution in [1.29, 1.82) is 0 Å². The molecule has 2 aromatic rings. The van der Waals surface area contributed by atoms with E-state index in [1.165, 1.54) is 25.3 Å². The highest BCUT2D eigenvalue weighted by Gasteiger charge is 2.46. The first-order valence-corrected chi connectivity index (χ1v) is 13.5. The molecule has 8 heteroatoms. The summed E-state index contributed by atoms with van der Waals surface area (Å²) in [6, 6.07) is 11.2. The number of ether oxygens (including phenoxy) is 2. The number of methoxy groups -OCH3 is 1. The van der Waals surface area contributed by atoms with Crippen molar-refractivity contribution in [2.24, 2.45) is 10.8 Å². The Morgan fingerprint density at radius 2 is 1.52 bits per heavy atom. The van der Waals surface area contributed by atoms with Crippen molar-refractivity contribution in [2.45, 2.75) is 59.3 Å². The predicted octanol–water partition coefficient (Wildman–Crippen LogP) is 5.83. The van der Waals surface area contributed by atoms with Crippen LogP contribution in [0.4, 0.5) is 10.1 Å². The fourth-order valence-electron chi connectivity index (χ4n) is 6.10. The number of halogens is 1. The third kappa shape index (κ3) is 5.40. The number of carbonyl (C=O) groups is 3. The summed E-state index contributed by atoms with van der Waals surface area (Å²) in [6.45, 7) is 7.99. The van der Waals surface area contributed by atoms with Crippen molar-refractivity contribution in [3.63, 3.8) is 0 Å². The zero-order chi connectivity index (χ0) is 28.8. The number of ketones is 2. The lowest BCUT2D eigenvalue weighted by Gasteiger charge is -2.44. The molecule has 0 fully saturated rings. The van der Waals surface area contributed by atoms with Crippen molar-refractivity contribution in [3.05, 3.63) is 76.4 Å². The van der Waals surface area contributed by atoms with Gasteiger partial charge in [-0.05, 0) is 53.5 Å². The number of dihydropyridines is 1. The standard InChI is InChI=1S/C32H35FN2O5/c1-31(2)13-21-29(23(36)15-31)28(30-22(34-21)14-32(3,4)16-24(30)37)18-10-11-25(26(12-18)39-5)40-17-27(38)35-20-9-7-6-8-19(20)33/h6-12,28,34H,13-17H2,1-5H3,(H,35,38). The van der Waals surface area contributed by atoms with Gasteiger partial charge in [0.2, 0.25) is 0 Å². The summed E-state index contributed by atoms with van der Waals surface area (Å²) in [5.41, 5.74) is 3.52. The molecule has 0 radical (unpaired) electrons. The van der Waals surface area contributed by atoms with Crippen LogP contribution in [0.3, 0.4) is 0 Å². The zero-order valence-corrected chi connectivity index (χ0v) is 23.6. The van der Waals surface area contributed by atoms with Gasteiger partial charge >= 0.3 is 0 Å². The van der Waals surface area contributed by atoms with Crippen LogP contribution in [0.25, 0.3) is 0 Å². The topological polar surface area (TPSA) is 93.7 Å². The van der Waals surface area contributed by atoms with E-state index < -0.39 is 17.6 Å². The number of allylic oxidation sites excluding steroid dienone is 4. The third-order valence-electron chi connectivity index (χ3n) is 7.75. The van der Waals surface area contributed by atoms with Crippen LogP contribution in [0.15, 0.2) is 65.0 Å². The lowest BCUT2D eigenvalue weighted by atomic mass is 9.64. The van der Waals surface area contributed by atoms with E-state index in [0.29, 0.717) is 48.3 Å². The largest absolute Gasteiger partial charge is 0.493 e. The second-order valence-electron chi connectivity index (χ2n) is 12.5. The Balaban J connectivity index is 1.47. The van der Waals surface area contributed by atoms with E-state index in [2.05, 4.69) is 38.3 Å². The molecular weight excluding hydrogens is 511 g/mol. The fourth-order valence-corrected chi connectivity index (χ4v) is 6.10. The molecule has 2 N–H and O–H groups in total. The Hall–Kier alpha value is -3.94. The minimum Gasteiger partial charge on any atom is -0.493 e. The van der Waals surface area contributed by atoms with E-state index in [1.54, 1.807) is 18.2 Å². The number of benzene rings is 2. The van der Waals surface area contributed by atoms with Gasteiger partial charge in [-0.1, -0.05) is 45.9 Å². The van der Waals surface area contributed by atoms with Crippen LogP contribution >= 0.6 is 0 Å². The van der Waals surface area contributed by atoms with Crippen molar-refractivity contribution in [2.75, 3.05) is 19.0 Å². The second kappa shape index (κ2) is 10.2. The summed E-state index contributed by atoms with van der Waals surface area (Å²) < 4.78 is 25.2. The molecule has 3 aliphatic rings. The summed E-state index contributed by atoms with van der Waals surface area (Å²) >= 11 is 0. The van der Waals surface area contributed by atoms with E-state index in [-0.39, 0.29) is 34.7 Å². The maximum absolute atomic E-state index is 13.9. The molecule has 7 nitrogen and oxygen atoms in total. The normalized spacial score (nSPS) is 19.9. The van der Waals surface area contributed by atoms with E-state index in [4.69, 9.17) is 9.47 Å². The SMILES string of the molecule is COc1cc(C2C3=C(CC(C)(C)CC3=O)NC3=C2C(=O)CC(C)(C)C3)ccc1OCC(=O)Nc1ccccc1F. The number of anilines is 1. The Bertz CT molecular complexity index is 1420. The van der Waals surface area contributed by atoms with Gasteiger partial charge in [-0.25, -0.2) is 4.39 Å². The van der Waals surface area contributed by atoms with Gasteiger partial charge in [-0.2, -0.15) is 0 Å². The molecular formula is C32H35FN2O5. The number of nitrogens with one attached hydrogen (secondary N) is 2. The van der Waals surface area contributed by atoms with E-state index >= 15 is 0 Å². The van der Waals surface area contributed by atoms with Crippen LogP contribution in [0.2, 0.25) is 0 Å². The smallest absolute Gasteiger partial charge is 0.262 e. The third-order valence-corrected chi connectivity index (χ3v) is 7.75. The van der Waals surface area contributed by atoms with Crippen LogP contribution in [0, 0.1) is 16.6 Å². The van der Waals surface area contributed by atoms with E-state index in [0.717, 1.165) is 17.0 Å². The molecule has 2 aromatic carbocycles. The van der Waals surface area contributed by atoms with Gasteiger partial charge in [0.05, 0.1) is 12.8 Å². The Morgan fingerprint density at radius 3 is 2.10 bits per heavy atom. The molecule has 0 unspecified atom stereocenters. The molecule has 0 bridgehead atoms. The number of para-hydroxylation sites is 1. The predicted molar refractivity (Wildman–Crippen MR) is 149 cm³/mol. The number of hydrogen-bond donors (Lipinski definition) is 2. The van der Waals surface area contributed by atoms with Crippen LogP contribution < -0.4 is 20.1 Å². The molecule has 0 aromatic heterocycles. The first kappa shape index (κ1) is 27.6. The number of hydrogen-bond acceptors (Lipinski definition) is 6. The van der Waals surface area contributed by atoms with Crippen LogP contribution in [0.5, 0.6) is 11.5 Å². The molecule has 2 aliphatic carbocycles. The Labute approximate surface area is 233 Å². The highest BCUT2D eigenvalue weighted by molar-refractivity contribution is 6.06. The number of rotatable bonds is 6. The molecule has 0 saturated heterocycles. The molecule has 1 heterocycles. The summed E-state index contributed by atoms with van der Waals surface area (Å²) in [6.07, 6.45) is 2.24. The summed E-state index contributed by atoms with van der Waals surface area (Å²) in [5, 5.41) is 6.01. The average molecular weight is 547 g/mol. The first-order valence-electron chi connectivity index (χ1n) is 13.5. The summed E-state index contributed by atoms with van der Waals surface area (Å²) in [7, 11) is 1.49. The van der Waals surface area contributed by atoms with Crippen molar-refractivity contribution >= 4 is 23.2 Å². The number of Topliss-reactive ketones (excluding diaryl/α,β-unsaturated/α-hetero) is 2. The lowest BCUT2D eigenvalue weighted by molar-refractivity contribution is -0.119. The minimum absolute atomic E-state index is 0.0389. The second-order valence-corrected chi connectivity index (χ2v) is 12.5. The molecule has 0 spiro atoms. The maximum atomic E-state index is 13.9. The Morgan fingerprint density at radius 1 is 0.925 bits per heavy atom. The molecule has 5 rings (SSSR count). The molecule has 1 amide bonds. The van der Waals surface area contributed by atoms with Crippen LogP contribution in [0.1, 0.15) is 64.9 Å². The van der Waals surface area contributed by atoms with Crippen molar-refractivity contribution in [1.82, 2.24) is 5.32 Å². The van der Waals surface area contributed by atoms with Gasteiger partial charge in [0, 0.05) is 41.3 Å². The molecule has 210 valence electrons. The average Bonchev–Trinajstić information content (AvgIpc) is 2.86. The highest BCUT2D eigenvalue weighted by Crippen LogP contribution is 2.51. The van der Waals surface area contributed by atoms with Gasteiger partial charge < -0.3 is 20.1 Å². The van der Waals surface area contributed by atoms with Gasteiger partial charge in [-0.3, -0.25) is 14.4 Å². The minimum atomic E-state index is -0.539. The highest BCUT2D eigenvalue weighted by atomic mass is 19.1. The monoisotopic (exact) mass is 546 g/mol. The molecule has 0 saturated carbocycles. The zero-order valence-electron chi connectivity index (χ0n) is 23.6. The lowest BCUT2D eigenvalue weighted by Crippen LogP contribution is -2.42. The Kier molecular flexibility index (Phi) is 7.06. The van der Waals surface area contributed by atoms with Gasteiger partial charge in [0.1, 0.15) is 5.82 Å². The summed E-state index contributed by atoms with van der Waals surface area (Å²) in [5.74, 6) is -0.807.